The number of rotatable bonds is 16. The van der Waals surface area contributed by atoms with Gasteiger partial charge >= 0.3 is 6.09 Å². The lowest BCUT2D eigenvalue weighted by Gasteiger charge is -2.35. The molecule has 4 N–H and O–H groups in total. The molecule has 1 aromatic rings. The Kier molecular flexibility index (Phi) is 14.6. The molecule has 2 unspecified atom stereocenters. The summed E-state index contributed by atoms with van der Waals surface area (Å²) in [5, 5.41) is 5.54. The van der Waals surface area contributed by atoms with E-state index in [9.17, 15) is 19.2 Å². The van der Waals surface area contributed by atoms with E-state index in [0.29, 0.717) is 18.5 Å². The Morgan fingerprint density at radius 1 is 0.974 bits per heavy atom. The van der Waals surface area contributed by atoms with Crippen molar-refractivity contribution in [1.29, 1.82) is 0 Å². The maximum Gasteiger partial charge on any atom is 0.408 e. The predicted octanol–water partition coefficient (Wildman–Crippen LogP) is 4.83. The first-order chi connectivity index (χ1) is 18.3. The minimum Gasteiger partial charge on any atom is -0.444 e. The van der Waals surface area contributed by atoms with E-state index < -0.39 is 42.0 Å². The Balaban J connectivity index is 3.51. The van der Waals surface area contributed by atoms with Crippen molar-refractivity contribution < 1.29 is 23.9 Å². The first-order valence-electron chi connectivity index (χ1n) is 14.2. The number of primary amides is 1. The van der Waals surface area contributed by atoms with Crippen LogP contribution in [0.5, 0.6) is 0 Å². The molecule has 0 fully saturated rings. The van der Waals surface area contributed by atoms with Crippen LogP contribution in [0.4, 0.5) is 4.79 Å². The third kappa shape index (κ3) is 12.5. The van der Waals surface area contributed by atoms with E-state index in [2.05, 4.69) is 24.5 Å². The zero-order valence-corrected chi connectivity index (χ0v) is 25.0. The number of nitrogens with zero attached hydrogens (tertiary/aromatic N) is 1. The maximum absolute atomic E-state index is 14.1. The Morgan fingerprint density at radius 3 is 2.18 bits per heavy atom. The summed E-state index contributed by atoms with van der Waals surface area (Å²) >= 11 is 0. The first kappa shape index (κ1) is 33.9. The van der Waals surface area contributed by atoms with E-state index in [1.54, 1.807) is 20.8 Å². The van der Waals surface area contributed by atoms with Crippen molar-refractivity contribution in [3.05, 3.63) is 34.9 Å². The Labute approximate surface area is 234 Å². The predicted molar refractivity (Wildman–Crippen MR) is 154 cm³/mol. The minimum absolute atomic E-state index is 0.282. The average Bonchev–Trinajstić information content (AvgIpc) is 2.82. The smallest absolute Gasteiger partial charge is 0.408 e. The summed E-state index contributed by atoms with van der Waals surface area (Å²) in [6, 6.07) is 3.56. The Morgan fingerprint density at radius 2 is 1.62 bits per heavy atom. The number of hydrogen-bond acceptors (Lipinski definition) is 5. The average molecular weight is 547 g/mol. The van der Waals surface area contributed by atoms with Crippen LogP contribution in [0.3, 0.4) is 0 Å². The minimum atomic E-state index is -1.27. The molecule has 220 valence electrons. The fraction of sp³-hybridized carbons (Fsp3) is 0.667. The number of nitrogens with one attached hydrogen (secondary N) is 2. The van der Waals surface area contributed by atoms with Crippen LogP contribution in [0.1, 0.15) is 109 Å². The standard InChI is InChI=1S/C30H50N4O5/c1-8-10-12-14-18-34(28(37)24(20-25(31)35)33-29(38)39-30(5,6)7)26(27(36)32-17-13-11-9-2)23-16-15-21(3)19-22(23)4/h15-16,19,24,26H,8-14,17-18,20H2,1-7H3,(H2,31,35)(H,32,36)(H,33,38). The molecule has 0 aromatic heterocycles. The highest BCUT2D eigenvalue weighted by Gasteiger charge is 2.37. The zero-order chi connectivity index (χ0) is 29.6. The van der Waals surface area contributed by atoms with Gasteiger partial charge in [0.2, 0.25) is 17.7 Å². The summed E-state index contributed by atoms with van der Waals surface area (Å²) in [6.45, 7) is 14.0. The SMILES string of the molecule is CCCCCCN(C(=O)C(CC(N)=O)NC(=O)OC(C)(C)C)C(C(=O)NCCCCC)c1ccc(C)cc1C. The molecule has 1 rings (SSSR count). The Bertz CT molecular complexity index is 957. The molecule has 39 heavy (non-hydrogen) atoms. The van der Waals surface area contributed by atoms with Gasteiger partial charge in [-0.15, -0.1) is 0 Å². The van der Waals surface area contributed by atoms with Crippen LogP contribution in [-0.2, 0) is 19.1 Å². The highest BCUT2D eigenvalue weighted by atomic mass is 16.6. The lowest BCUT2D eigenvalue weighted by atomic mass is 9.95. The van der Waals surface area contributed by atoms with Crippen LogP contribution in [0.2, 0.25) is 0 Å². The molecule has 2 atom stereocenters. The summed E-state index contributed by atoms with van der Waals surface area (Å²) in [5.74, 6) is -1.59. The van der Waals surface area contributed by atoms with E-state index in [-0.39, 0.29) is 12.5 Å². The molecular weight excluding hydrogens is 496 g/mol. The van der Waals surface area contributed by atoms with Crippen molar-refractivity contribution in [3.8, 4) is 0 Å². The molecule has 0 bridgehead atoms. The summed E-state index contributed by atoms with van der Waals surface area (Å²) in [4.78, 5) is 53.9. The van der Waals surface area contributed by atoms with Crippen LogP contribution in [-0.4, -0.2) is 53.4 Å². The van der Waals surface area contributed by atoms with Gasteiger partial charge in [-0.2, -0.15) is 0 Å². The molecule has 0 aliphatic heterocycles. The van der Waals surface area contributed by atoms with Crippen LogP contribution in [0, 0.1) is 13.8 Å². The van der Waals surface area contributed by atoms with Crippen molar-refractivity contribution in [2.24, 2.45) is 5.73 Å². The summed E-state index contributed by atoms with van der Waals surface area (Å²) in [6.07, 6.45) is 5.12. The normalized spacial score (nSPS) is 12.8. The fourth-order valence-corrected chi connectivity index (χ4v) is 4.39. The highest BCUT2D eigenvalue weighted by molar-refractivity contribution is 5.94. The lowest BCUT2D eigenvalue weighted by molar-refractivity contribution is -0.143. The maximum atomic E-state index is 14.1. The zero-order valence-electron chi connectivity index (χ0n) is 25.0. The molecule has 4 amide bonds. The van der Waals surface area contributed by atoms with Crippen molar-refractivity contribution in [1.82, 2.24) is 15.5 Å². The molecule has 0 radical (unpaired) electrons. The molecule has 0 heterocycles. The number of hydrogen-bond donors (Lipinski definition) is 3. The number of aryl methyl sites for hydroxylation is 2. The van der Waals surface area contributed by atoms with Gasteiger partial charge in [-0.1, -0.05) is 69.7 Å². The van der Waals surface area contributed by atoms with E-state index in [4.69, 9.17) is 10.5 Å². The van der Waals surface area contributed by atoms with Crippen molar-refractivity contribution in [2.45, 2.75) is 118 Å². The monoisotopic (exact) mass is 546 g/mol. The van der Waals surface area contributed by atoms with E-state index in [0.717, 1.165) is 49.7 Å². The molecule has 1 aromatic carbocycles. The molecule has 0 spiro atoms. The van der Waals surface area contributed by atoms with Gasteiger partial charge in [-0.3, -0.25) is 14.4 Å². The summed E-state index contributed by atoms with van der Waals surface area (Å²) in [7, 11) is 0. The van der Waals surface area contributed by atoms with Crippen molar-refractivity contribution in [2.75, 3.05) is 13.1 Å². The van der Waals surface area contributed by atoms with E-state index in [1.807, 2.05) is 32.0 Å². The van der Waals surface area contributed by atoms with Gasteiger partial charge in [0, 0.05) is 13.1 Å². The van der Waals surface area contributed by atoms with Gasteiger partial charge in [0.15, 0.2) is 0 Å². The van der Waals surface area contributed by atoms with Crippen LogP contribution in [0.15, 0.2) is 18.2 Å². The number of carbonyl (C=O) groups excluding carboxylic acids is 4. The number of alkyl carbamates (subject to hydrolysis) is 1. The number of ether oxygens (including phenoxy) is 1. The number of nitrogens with two attached hydrogens (primary N) is 1. The van der Waals surface area contributed by atoms with Crippen LogP contribution >= 0.6 is 0 Å². The van der Waals surface area contributed by atoms with Gasteiger partial charge in [0.05, 0.1) is 6.42 Å². The molecule has 9 heteroatoms. The molecular formula is C30H50N4O5. The first-order valence-corrected chi connectivity index (χ1v) is 14.2. The highest BCUT2D eigenvalue weighted by Crippen LogP contribution is 2.27. The molecule has 0 aliphatic rings. The number of carbonyl (C=O) groups is 4. The van der Waals surface area contributed by atoms with Crippen molar-refractivity contribution in [3.63, 3.8) is 0 Å². The van der Waals surface area contributed by atoms with E-state index in [1.165, 1.54) is 4.90 Å². The van der Waals surface area contributed by atoms with Gasteiger partial charge in [-0.05, 0) is 58.6 Å². The quantitative estimate of drug-likeness (QED) is 0.256. The van der Waals surface area contributed by atoms with Gasteiger partial charge < -0.3 is 26.0 Å². The van der Waals surface area contributed by atoms with Crippen LogP contribution < -0.4 is 16.4 Å². The summed E-state index contributed by atoms with van der Waals surface area (Å²) in [5.41, 5.74) is 7.29. The topological polar surface area (TPSA) is 131 Å². The second-order valence-corrected chi connectivity index (χ2v) is 11.2. The van der Waals surface area contributed by atoms with Gasteiger partial charge in [0.25, 0.3) is 0 Å². The summed E-state index contributed by atoms with van der Waals surface area (Å²) < 4.78 is 5.34. The van der Waals surface area contributed by atoms with E-state index >= 15 is 0 Å². The third-order valence-electron chi connectivity index (χ3n) is 6.29. The molecule has 0 saturated carbocycles. The molecule has 0 saturated heterocycles. The third-order valence-corrected chi connectivity index (χ3v) is 6.29. The van der Waals surface area contributed by atoms with Crippen molar-refractivity contribution >= 4 is 23.8 Å². The second-order valence-electron chi connectivity index (χ2n) is 11.2. The molecule has 9 nitrogen and oxygen atoms in total. The number of amides is 4. The lowest BCUT2D eigenvalue weighted by Crippen LogP contribution is -2.54. The number of unbranched alkanes of at least 4 members (excludes halogenated alkanes) is 5. The van der Waals surface area contributed by atoms with Crippen LogP contribution in [0.25, 0.3) is 0 Å². The second kappa shape index (κ2) is 16.8. The largest absolute Gasteiger partial charge is 0.444 e. The molecule has 0 aliphatic carbocycles. The number of benzene rings is 1. The van der Waals surface area contributed by atoms with Gasteiger partial charge in [0.1, 0.15) is 17.7 Å². The fourth-order valence-electron chi connectivity index (χ4n) is 4.39. The Hall–Kier alpha value is -3.10. The van der Waals surface area contributed by atoms with Gasteiger partial charge in [-0.25, -0.2) is 4.79 Å².